The third-order valence-electron chi connectivity index (χ3n) is 6.09. The first-order chi connectivity index (χ1) is 17.5. The van der Waals surface area contributed by atoms with Gasteiger partial charge in [0.25, 0.3) is 0 Å². The summed E-state index contributed by atoms with van der Waals surface area (Å²) in [5.41, 5.74) is 8.45. The monoisotopic (exact) mass is 477 g/mol. The zero-order valence-electron chi connectivity index (χ0n) is 20.7. The van der Waals surface area contributed by atoms with E-state index in [1.807, 2.05) is 73.1 Å². The summed E-state index contributed by atoms with van der Waals surface area (Å²) in [6, 6.07) is 19.8. The summed E-state index contributed by atoms with van der Waals surface area (Å²) in [5, 5.41) is 8.46. The highest BCUT2D eigenvalue weighted by Crippen LogP contribution is 2.37. The third kappa shape index (κ3) is 4.31. The molecule has 5 aromatic rings. The Kier molecular flexibility index (Phi) is 6.21. The Morgan fingerprint density at radius 1 is 0.944 bits per heavy atom. The van der Waals surface area contributed by atoms with Crippen LogP contribution in [0.4, 0.5) is 11.5 Å². The molecule has 0 bridgehead atoms. The molecule has 0 saturated heterocycles. The van der Waals surface area contributed by atoms with Crippen molar-refractivity contribution >= 4 is 28.5 Å². The van der Waals surface area contributed by atoms with Crippen LogP contribution in [0.3, 0.4) is 0 Å². The molecule has 0 amide bonds. The van der Waals surface area contributed by atoms with E-state index >= 15 is 0 Å². The van der Waals surface area contributed by atoms with E-state index in [1.54, 1.807) is 19.3 Å². The van der Waals surface area contributed by atoms with Crippen LogP contribution in [0.15, 0.2) is 73.1 Å². The number of anilines is 2. The molecule has 2 aromatic heterocycles. The second-order valence-corrected chi connectivity index (χ2v) is 8.66. The molecule has 0 unspecified atom stereocenters. The standard InChI is InChI=1S/C29H27N5O2/c1-5-36-29(35)22-16-18(2)10-12-23(22)32-28-27(21-11-13-24-25(17-21)31-15-14-30-24)20(4)33-34(28)26-9-7-6-8-19(26)3/h6-17,32H,5H2,1-4H3. The fourth-order valence-electron chi connectivity index (χ4n) is 4.35. The number of aryl methyl sites for hydroxylation is 3. The van der Waals surface area contributed by atoms with E-state index < -0.39 is 0 Å². The molecule has 7 nitrogen and oxygen atoms in total. The van der Waals surface area contributed by atoms with Crippen LogP contribution in [0.2, 0.25) is 0 Å². The highest BCUT2D eigenvalue weighted by atomic mass is 16.5. The number of rotatable bonds is 6. The average molecular weight is 478 g/mol. The second kappa shape index (κ2) is 9.62. The van der Waals surface area contributed by atoms with Crippen LogP contribution in [0.5, 0.6) is 0 Å². The largest absolute Gasteiger partial charge is 0.462 e. The molecule has 0 aliphatic rings. The number of carbonyl (C=O) groups is 1. The van der Waals surface area contributed by atoms with Crippen LogP contribution in [0.25, 0.3) is 27.8 Å². The SMILES string of the molecule is CCOC(=O)c1cc(C)ccc1Nc1c(-c2ccc3nccnc3c2)c(C)nn1-c1ccccc1C. The van der Waals surface area contributed by atoms with Crippen molar-refractivity contribution in [2.45, 2.75) is 27.7 Å². The van der Waals surface area contributed by atoms with Crippen LogP contribution in [-0.2, 0) is 4.74 Å². The smallest absolute Gasteiger partial charge is 0.340 e. The van der Waals surface area contributed by atoms with Gasteiger partial charge >= 0.3 is 5.97 Å². The molecule has 7 heteroatoms. The molecule has 5 rings (SSSR count). The number of ether oxygens (including phenoxy) is 1. The summed E-state index contributed by atoms with van der Waals surface area (Å²) in [7, 11) is 0. The van der Waals surface area contributed by atoms with Gasteiger partial charge in [0, 0.05) is 18.0 Å². The first-order valence-electron chi connectivity index (χ1n) is 11.9. The third-order valence-corrected chi connectivity index (χ3v) is 6.09. The molecule has 1 N–H and O–H groups in total. The number of hydrogen-bond donors (Lipinski definition) is 1. The van der Waals surface area contributed by atoms with E-state index in [2.05, 4.69) is 28.3 Å². The van der Waals surface area contributed by atoms with Crippen LogP contribution >= 0.6 is 0 Å². The van der Waals surface area contributed by atoms with Gasteiger partial charge in [-0.1, -0.05) is 35.9 Å². The number of benzene rings is 3. The van der Waals surface area contributed by atoms with Crippen molar-refractivity contribution in [3.63, 3.8) is 0 Å². The quantitative estimate of drug-likeness (QED) is 0.288. The highest BCUT2D eigenvalue weighted by Gasteiger charge is 2.22. The summed E-state index contributed by atoms with van der Waals surface area (Å²) in [5.74, 6) is 0.379. The Morgan fingerprint density at radius 2 is 1.72 bits per heavy atom. The molecule has 0 atom stereocenters. The highest BCUT2D eigenvalue weighted by molar-refractivity contribution is 5.98. The Morgan fingerprint density at radius 3 is 2.50 bits per heavy atom. The van der Waals surface area contributed by atoms with Crippen LogP contribution in [0.1, 0.15) is 34.1 Å². The summed E-state index contributed by atoms with van der Waals surface area (Å²) >= 11 is 0. The minimum Gasteiger partial charge on any atom is -0.462 e. The normalized spacial score (nSPS) is 11.0. The number of fused-ring (bicyclic) bond motifs is 1. The van der Waals surface area contributed by atoms with Gasteiger partial charge in [0.15, 0.2) is 0 Å². The van der Waals surface area contributed by atoms with E-state index in [0.29, 0.717) is 17.9 Å². The van der Waals surface area contributed by atoms with Gasteiger partial charge in [-0.25, -0.2) is 9.48 Å². The van der Waals surface area contributed by atoms with Gasteiger partial charge in [0.1, 0.15) is 5.82 Å². The van der Waals surface area contributed by atoms with E-state index in [4.69, 9.17) is 9.84 Å². The lowest BCUT2D eigenvalue weighted by Crippen LogP contribution is -2.11. The minimum absolute atomic E-state index is 0.301. The zero-order chi connectivity index (χ0) is 25.2. The van der Waals surface area contributed by atoms with Crippen molar-refractivity contribution in [3.8, 4) is 16.8 Å². The first-order valence-corrected chi connectivity index (χ1v) is 11.9. The van der Waals surface area contributed by atoms with Crippen molar-refractivity contribution in [2.75, 3.05) is 11.9 Å². The predicted molar refractivity (Wildman–Crippen MR) is 142 cm³/mol. The molecule has 0 aliphatic carbocycles. The fraction of sp³-hybridized carbons (Fsp3) is 0.172. The lowest BCUT2D eigenvalue weighted by Gasteiger charge is -2.17. The molecule has 3 aromatic carbocycles. The second-order valence-electron chi connectivity index (χ2n) is 8.66. The average Bonchev–Trinajstić information content (AvgIpc) is 3.20. The van der Waals surface area contributed by atoms with Crippen LogP contribution < -0.4 is 5.32 Å². The Labute approximate surface area is 209 Å². The molecule has 0 spiro atoms. The van der Waals surface area contributed by atoms with Gasteiger partial charge in [0.05, 0.1) is 40.3 Å². The predicted octanol–water partition coefficient (Wildman–Crippen LogP) is 6.33. The molecule has 0 aliphatic heterocycles. The maximum absolute atomic E-state index is 12.8. The van der Waals surface area contributed by atoms with Crippen LogP contribution in [-0.4, -0.2) is 32.3 Å². The summed E-state index contributed by atoms with van der Waals surface area (Å²) in [6.07, 6.45) is 3.37. The topological polar surface area (TPSA) is 81.9 Å². The van der Waals surface area contributed by atoms with Gasteiger partial charge in [-0.2, -0.15) is 5.10 Å². The molecule has 0 fully saturated rings. The number of carbonyl (C=O) groups excluding carboxylic acids is 1. The van der Waals surface area contributed by atoms with E-state index in [-0.39, 0.29) is 5.97 Å². The Balaban J connectivity index is 1.73. The first kappa shape index (κ1) is 23.2. The zero-order valence-corrected chi connectivity index (χ0v) is 20.7. The van der Waals surface area contributed by atoms with Gasteiger partial charge in [-0.3, -0.25) is 9.97 Å². The molecular weight excluding hydrogens is 450 g/mol. The summed E-state index contributed by atoms with van der Waals surface area (Å²) in [6.45, 7) is 8.10. The summed E-state index contributed by atoms with van der Waals surface area (Å²) in [4.78, 5) is 21.7. The maximum Gasteiger partial charge on any atom is 0.340 e. The number of esters is 1. The molecule has 0 saturated carbocycles. The Bertz CT molecular complexity index is 1590. The van der Waals surface area contributed by atoms with Crippen molar-refractivity contribution in [3.05, 3.63) is 95.4 Å². The van der Waals surface area contributed by atoms with E-state index in [0.717, 1.165) is 50.5 Å². The van der Waals surface area contributed by atoms with Gasteiger partial charge in [0.2, 0.25) is 0 Å². The van der Waals surface area contributed by atoms with Gasteiger partial charge in [-0.05, 0) is 69.2 Å². The minimum atomic E-state index is -0.370. The number of aromatic nitrogens is 4. The molecular formula is C29H27N5O2. The van der Waals surface area contributed by atoms with Gasteiger partial charge < -0.3 is 10.1 Å². The van der Waals surface area contributed by atoms with Crippen molar-refractivity contribution < 1.29 is 9.53 Å². The lowest BCUT2D eigenvalue weighted by atomic mass is 10.0. The molecule has 36 heavy (non-hydrogen) atoms. The van der Waals surface area contributed by atoms with Crippen molar-refractivity contribution in [1.29, 1.82) is 0 Å². The number of nitrogens with one attached hydrogen (secondary N) is 1. The van der Waals surface area contributed by atoms with Gasteiger partial charge in [-0.15, -0.1) is 0 Å². The number of para-hydroxylation sites is 1. The van der Waals surface area contributed by atoms with Crippen molar-refractivity contribution in [1.82, 2.24) is 19.7 Å². The fourth-order valence-corrected chi connectivity index (χ4v) is 4.35. The summed E-state index contributed by atoms with van der Waals surface area (Å²) < 4.78 is 7.25. The number of nitrogens with zero attached hydrogens (tertiary/aromatic N) is 4. The van der Waals surface area contributed by atoms with Crippen molar-refractivity contribution in [2.24, 2.45) is 0 Å². The molecule has 2 heterocycles. The maximum atomic E-state index is 12.8. The lowest BCUT2D eigenvalue weighted by molar-refractivity contribution is 0.0527. The van der Waals surface area contributed by atoms with Crippen LogP contribution in [0, 0.1) is 20.8 Å². The molecule has 180 valence electrons. The number of hydrogen-bond acceptors (Lipinski definition) is 6. The molecule has 0 radical (unpaired) electrons. The van der Waals surface area contributed by atoms with E-state index in [9.17, 15) is 4.79 Å². The Hall–Kier alpha value is -4.52. The van der Waals surface area contributed by atoms with E-state index in [1.165, 1.54) is 0 Å².